The van der Waals surface area contributed by atoms with E-state index in [0.717, 1.165) is 5.56 Å². The molecule has 0 atom stereocenters. The number of rotatable bonds is 5. The molecule has 0 saturated carbocycles. The zero-order chi connectivity index (χ0) is 11.1. The third-order valence-corrected chi connectivity index (χ3v) is 1.75. The summed E-state index contributed by atoms with van der Waals surface area (Å²) in [6, 6.07) is 9.47. The molecule has 0 spiro atoms. The zero-order valence-electron chi connectivity index (χ0n) is 8.09. The van der Waals surface area contributed by atoms with Crippen LogP contribution in [0.5, 0.6) is 0 Å². The van der Waals surface area contributed by atoms with Gasteiger partial charge in [-0.1, -0.05) is 30.3 Å². The molecule has 0 fully saturated rings. The first-order valence-corrected chi connectivity index (χ1v) is 4.50. The van der Waals surface area contributed by atoms with Gasteiger partial charge in [0.1, 0.15) is 0 Å². The van der Waals surface area contributed by atoms with E-state index in [1.54, 1.807) is 0 Å². The molecule has 0 aromatic heterocycles. The monoisotopic (exact) mass is 209 g/mol. The Morgan fingerprint density at radius 1 is 1.33 bits per heavy atom. The predicted molar refractivity (Wildman–Crippen MR) is 53.0 cm³/mol. The minimum absolute atomic E-state index is 0.177. The molecular formula is C10H11NO4. The van der Waals surface area contributed by atoms with Crippen LogP contribution in [-0.2, 0) is 16.0 Å². The van der Waals surface area contributed by atoms with Gasteiger partial charge in [0.25, 0.3) is 6.54 Å². The van der Waals surface area contributed by atoms with Gasteiger partial charge in [0.05, 0.1) is 6.61 Å². The normalized spacial score (nSPS) is 9.60. The number of carbonyl (C=O) groups excluding carboxylic acids is 1. The van der Waals surface area contributed by atoms with E-state index in [-0.39, 0.29) is 6.61 Å². The van der Waals surface area contributed by atoms with Crippen molar-refractivity contribution in [3.63, 3.8) is 0 Å². The first-order valence-electron chi connectivity index (χ1n) is 4.50. The van der Waals surface area contributed by atoms with Gasteiger partial charge in [0.2, 0.25) is 0 Å². The van der Waals surface area contributed by atoms with Crippen LogP contribution in [0.2, 0.25) is 0 Å². The molecule has 0 saturated heterocycles. The molecular weight excluding hydrogens is 198 g/mol. The van der Waals surface area contributed by atoms with E-state index in [1.165, 1.54) is 0 Å². The molecule has 0 unspecified atom stereocenters. The standard InChI is InChI=1S/C10H11NO4/c12-10(8-11(13)14)15-7-6-9-4-2-1-3-5-9/h1-5H,6-8H2. The van der Waals surface area contributed by atoms with Gasteiger partial charge in [-0.05, 0) is 5.56 Å². The number of hydrogen-bond acceptors (Lipinski definition) is 4. The number of carbonyl (C=O) groups is 1. The summed E-state index contributed by atoms with van der Waals surface area (Å²) in [5, 5.41) is 9.95. The third kappa shape index (κ3) is 4.75. The first kappa shape index (κ1) is 11.2. The fourth-order valence-electron chi connectivity index (χ4n) is 1.08. The zero-order valence-corrected chi connectivity index (χ0v) is 8.09. The molecule has 0 aliphatic rings. The summed E-state index contributed by atoms with van der Waals surface area (Å²) in [7, 11) is 0. The maximum Gasteiger partial charge on any atom is 0.378 e. The molecule has 5 heteroatoms. The average Bonchev–Trinajstić information content (AvgIpc) is 2.18. The molecule has 0 N–H and O–H groups in total. The van der Waals surface area contributed by atoms with Crippen LogP contribution < -0.4 is 0 Å². The molecule has 1 aromatic carbocycles. The van der Waals surface area contributed by atoms with E-state index < -0.39 is 17.4 Å². The van der Waals surface area contributed by atoms with Crippen molar-refractivity contribution in [3.8, 4) is 0 Å². The van der Waals surface area contributed by atoms with E-state index in [2.05, 4.69) is 4.74 Å². The molecule has 0 aliphatic carbocycles. The highest BCUT2D eigenvalue weighted by Crippen LogP contribution is 1.99. The maximum atomic E-state index is 10.8. The Kier molecular flexibility index (Phi) is 4.28. The van der Waals surface area contributed by atoms with Gasteiger partial charge >= 0.3 is 5.97 Å². The largest absolute Gasteiger partial charge is 0.461 e. The van der Waals surface area contributed by atoms with Gasteiger partial charge in [-0.25, -0.2) is 4.79 Å². The lowest BCUT2D eigenvalue weighted by molar-refractivity contribution is -0.470. The van der Waals surface area contributed by atoms with Gasteiger partial charge in [0, 0.05) is 11.3 Å². The molecule has 0 bridgehead atoms. The Bertz CT molecular complexity index is 337. The van der Waals surface area contributed by atoms with Crippen molar-refractivity contribution in [1.29, 1.82) is 0 Å². The molecule has 0 radical (unpaired) electrons. The highest BCUT2D eigenvalue weighted by molar-refractivity contribution is 5.70. The Balaban J connectivity index is 2.22. The van der Waals surface area contributed by atoms with E-state index >= 15 is 0 Å². The van der Waals surface area contributed by atoms with E-state index in [4.69, 9.17) is 0 Å². The molecule has 5 nitrogen and oxygen atoms in total. The molecule has 80 valence electrons. The second-order valence-corrected chi connectivity index (χ2v) is 2.95. The predicted octanol–water partition coefficient (Wildman–Crippen LogP) is 1.05. The second kappa shape index (κ2) is 5.74. The second-order valence-electron chi connectivity index (χ2n) is 2.95. The van der Waals surface area contributed by atoms with Crippen LogP contribution in [0.1, 0.15) is 5.56 Å². The van der Waals surface area contributed by atoms with Crippen molar-refractivity contribution < 1.29 is 14.5 Å². The topological polar surface area (TPSA) is 69.4 Å². The van der Waals surface area contributed by atoms with Gasteiger partial charge in [0.15, 0.2) is 0 Å². The molecule has 1 aromatic rings. The lowest BCUT2D eigenvalue weighted by Gasteiger charge is -2.01. The lowest BCUT2D eigenvalue weighted by Crippen LogP contribution is -2.17. The van der Waals surface area contributed by atoms with Gasteiger partial charge in [-0.2, -0.15) is 0 Å². The summed E-state index contributed by atoms with van der Waals surface area (Å²) < 4.78 is 4.68. The number of benzene rings is 1. The van der Waals surface area contributed by atoms with Crippen LogP contribution in [-0.4, -0.2) is 24.0 Å². The first-order chi connectivity index (χ1) is 7.18. The lowest BCUT2D eigenvalue weighted by atomic mass is 10.2. The van der Waals surface area contributed by atoms with E-state index in [9.17, 15) is 14.9 Å². The molecule has 1 rings (SSSR count). The summed E-state index contributed by atoms with van der Waals surface area (Å²) in [6.07, 6.45) is 0.574. The summed E-state index contributed by atoms with van der Waals surface area (Å²) >= 11 is 0. The Morgan fingerprint density at radius 2 is 2.00 bits per heavy atom. The van der Waals surface area contributed by atoms with Crippen LogP contribution in [0, 0.1) is 10.1 Å². The van der Waals surface area contributed by atoms with E-state index in [1.807, 2.05) is 30.3 Å². The summed E-state index contributed by atoms with van der Waals surface area (Å²) in [5.74, 6) is -0.795. The maximum absolute atomic E-state index is 10.8. The van der Waals surface area contributed by atoms with Crippen LogP contribution in [0.4, 0.5) is 0 Å². The average molecular weight is 209 g/mol. The Labute approximate surface area is 86.8 Å². The molecule has 0 aliphatic heterocycles. The Morgan fingerprint density at radius 3 is 2.60 bits per heavy atom. The van der Waals surface area contributed by atoms with Crippen molar-refractivity contribution in [2.45, 2.75) is 6.42 Å². The van der Waals surface area contributed by atoms with Gasteiger partial charge in [-0.15, -0.1) is 0 Å². The molecule has 0 heterocycles. The van der Waals surface area contributed by atoms with Crippen molar-refractivity contribution >= 4 is 5.97 Å². The smallest absolute Gasteiger partial charge is 0.378 e. The Hall–Kier alpha value is -1.91. The number of nitrogens with zero attached hydrogens (tertiary/aromatic N) is 1. The van der Waals surface area contributed by atoms with Crippen molar-refractivity contribution in [2.75, 3.05) is 13.2 Å². The number of hydrogen-bond donors (Lipinski definition) is 0. The molecule has 0 amide bonds. The van der Waals surface area contributed by atoms with Crippen LogP contribution in [0.3, 0.4) is 0 Å². The van der Waals surface area contributed by atoms with Crippen LogP contribution >= 0.6 is 0 Å². The minimum atomic E-state index is -0.795. The van der Waals surface area contributed by atoms with Crippen molar-refractivity contribution in [3.05, 3.63) is 46.0 Å². The highest BCUT2D eigenvalue weighted by atomic mass is 16.6. The summed E-state index contributed by atoms with van der Waals surface area (Å²) in [5.41, 5.74) is 1.03. The summed E-state index contributed by atoms with van der Waals surface area (Å²) in [4.78, 5) is 20.0. The van der Waals surface area contributed by atoms with Crippen LogP contribution in [0.25, 0.3) is 0 Å². The number of nitro groups is 1. The van der Waals surface area contributed by atoms with Gasteiger partial charge in [-0.3, -0.25) is 10.1 Å². The van der Waals surface area contributed by atoms with E-state index in [0.29, 0.717) is 6.42 Å². The van der Waals surface area contributed by atoms with Gasteiger partial charge < -0.3 is 4.74 Å². The van der Waals surface area contributed by atoms with Crippen molar-refractivity contribution in [2.24, 2.45) is 0 Å². The fraction of sp³-hybridized carbons (Fsp3) is 0.300. The molecule has 15 heavy (non-hydrogen) atoms. The van der Waals surface area contributed by atoms with Crippen LogP contribution in [0.15, 0.2) is 30.3 Å². The number of ether oxygens (including phenoxy) is 1. The highest BCUT2D eigenvalue weighted by Gasteiger charge is 2.09. The summed E-state index contributed by atoms with van der Waals surface area (Å²) in [6.45, 7) is -0.592. The number of esters is 1. The minimum Gasteiger partial charge on any atom is -0.461 e. The fourth-order valence-corrected chi connectivity index (χ4v) is 1.08. The quantitative estimate of drug-likeness (QED) is 0.413. The third-order valence-electron chi connectivity index (χ3n) is 1.75. The van der Waals surface area contributed by atoms with Crippen molar-refractivity contribution in [1.82, 2.24) is 0 Å². The SMILES string of the molecule is O=C(C[N+](=O)[O-])OCCc1ccccc1.